The van der Waals surface area contributed by atoms with Crippen LogP contribution in [0.4, 0.5) is 0 Å². The lowest BCUT2D eigenvalue weighted by molar-refractivity contribution is -0.120. The molecule has 0 bridgehead atoms. The molecule has 3 aromatic rings. The standard InChI is InChI=1S/C15H15ClN6O2/c1-10-18-15(24-20-10)13-9-22(21-19-13)7-6-17-14(23)8-11-4-2-3-5-12(11)16/h2-5,9H,6-8H2,1H3,(H,17,23). The monoisotopic (exact) mass is 346 g/mol. The Labute approximate surface area is 142 Å². The van der Waals surface area contributed by atoms with Crippen LogP contribution in [0.2, 0.25) is 5.02 Å². The number of halogens is 1. The summed E-state index contributed by atoms with van der Waals surface area (Å²) in [6, 6.07) is 7.28. The van der Waals surface area contributed by atoms with Crippen molar-refractivity contribution in [3.63, 3.8) is 0 Å². The van der Waals surface area contributed by atoms with Crippen LogP contribution in [0.3, 0.4) is 0 Å². The number of nitrogens with one attached hydrogen (secondary N) is 1. The van der Waals surface area contributed by atoms with E-state index in [9.17, 15) is 4.79 Å². The molecule has 0 radical (unpaired) electrons. The molecule has 2 heterocycles. The molecule has 0 aliphatic carbocycles. The van der Waals surface area contributed by atoms with Crippen molar-refractivity contribution in [3.8, 4) is 11.6 Å². The minimum Gasteiger partial charge on any atom is -0.354 e. The molecule has 124 valence electrons. The number of benzene rings is 1. The van der Waals surface area contributed by atoms with E-state index >= 15 is 0 Å². The largest absolute Gasteiger partial charge is 0.354 e. The summed E-state index contributed by atoms with van der Waals surface area (Å²) in [6.45, 7) is 2.63. The highest BCUT2D eigenvalue weighted by atomic mass is 35.5. The van der Waals surface area contributed by atoms with Crippen molar-refractivity contribution in [2.24, 2.45) is 0 Å². The molecule has 1 N–H and O–H groups in total. The first kappa shape index (κ1) is 16.1. The number of carbonyl (C=O) groups excluding carboxylic acids is 1. The fourth-order valence-corrected chi connectivity index (χ4v) is 2.30. The van der Waals surface area contributed by atoms with Crippen LogP contribution in [0.15, 0.2) is 35.0 Å². The summed E-state index contributed by atoms with van der Waals surface area (Å²) in [5, 5.41) is 15.0. The van der Waals surface area contributed by atoms with Crippen molar-refractivity contribution in [2.75, 3.05) is 6.54 Å². The lowest BCUT2D eigenvalue weighted by atomic mass is 10.1. The molecule has 0 saturated heterocycles. The third-order valence-electron chi connectivity index (χ3n) is 3.26. The Morgan fingerprint density at radius 1 is 1.38 bits per heavy atom. The van der Waals surface area contributed by atoms with Gasteiger partial charge in [0.1, 0.15) is 0 Å². The molecule has 0 unspecified atom stereocenters. The van der Waals surface area contributed by atoms with Gasteiger partial charge in [-0.3, -0.25) is 4.79 Å². The highest BCUT2D eigenvalue weighted by Gasteiger charge is 2.11. The molecule has 1 amide bonds. The highest BCUT2D eigenvalue weighted by Crippen LogP contribution is 2.15. The van der Waals surface area contributed by atoms with Crippen LogP contribution in [0.1, 0.15) is 11.4 Å². The third kappa shape index (κ3) is 3.96. The van der Waals surface area contributed by atoms with E-state index in [1.54, 1.807) is 23.9 Å². The second kappa shape index (κ2) is 7.22. The Morgan fingerprint density at radius 2 is 2.21 bits per heavy atom. The third-order valence-corrected chi connectivity index (χ3v) is 3.63. The average Bonchev–Trinajstić information content (AvgIpc) is 3.18. The molecule has 0 fully saturated rings. The van der Waals surface area contributed by atoms with Gasteiger partial charge in [0.2, 0.25) is 5.91 Å². The lowest BCUT2D eigenvalue weighted by Crippen LogP contribution is -2.28. The van der Waals surface area contributed by atoms with Crippen molar-refractivity contribution >= 4 is 17.5 Å². The van der Waals surface area contributed by atoms with Crippen LogP contribution in [0.25, 0.3) is 11.6 Å². The summed E-state index contributed by atoms with van der Waals surface area (Å²) in [7, 11) is 0. The molecule has 0 spiro atoms. The van der Waals surface area contributed by atoms with Gasteiger partial charge in [0.25, 0.3) is 5.89 Å². The fraction of sp³-hybridized carbons (Fsp3) is 0.267. The number of aromatic nitrogens is 5. The van der Waals surface area contributed by atoms with E-state index < -0.39 is 0 Å². The van der Waals surface area contributed by atoms with Gasteiger partial charge in [0.15, 0.2) is 11.5 Å². The van der Waals surface area contributed by atoms with Gasteiger partial charge in [-0.05, 0) is 18.6 Å². The molecule has 2 aromatic heterocycles. The zero-order valence-corrected chi connectivity index (χ0v) is 13.7. The molecular formula is C15H15ClN6O2. The van der Waals surface area contributed by atoms with Gasteiger partial charge < -0.3 is 9.84 Å². The minimum absolute atomic E-state index is 0.101. The van der Waals surface area contributed by atoms with E-state index in [0.717, 1.165) is 5.56 Å². The Balaban J connectivity index is 1.49. The summed E-state index contributed by atoms with van der Waals surface area (Å²) >= 11 is 6.04. The number of hydrogen-bond donors (Lipinski definition) is 1. The normalized spacial score (nSPS) is 10.8. The van der Waals surface area contributed by atoms with Crippen LogP contribution in [0, 0.1) is 6.92 Å². The number of hydrogen-bond acceptors (Lipinski definition) is 6. The summed E-state index contributed by atoms with van der Waals surface area (Å²) in [5.74, 6) is 0.754. The number of rotatable bonds is 6. The molecule has 24 heavy (non-hydrogen) atoms. The van der Waals surface area contributed by atoms with Crippen LogP contribution in [-0.2, 0) is 17.8 Å². The second-order valence-corrected chi connectivity index (χ2v) is 5.54. The van der Waals surface area contributed by atoms with Crippen molar-refractivity contribution < 1.29 is 9.32 Å². The van der Waals surface area contributed by atoms with E-state index in [1.807, 2.05) is 18.2 Å². The van der Waals surface area contributed by atoms with Crippen molar-refractivity contribution in [1.82, 2.24) is 30.5 Å². The summed E-state index contributed by atoms with van der Waals surface area (Å²) in [5.41, 5.74) is 1.30. The predicted molar refractivity (Wildman–Crippen MR) is 86.2 cm³/mol. The van der Waals surface area contributed by atoms with Crippen molar-refractivity contribution in [2.45, 2.75) is 19.9 Å². The Morgan fingerprint density at radius 3 is 2.96 bits per heavy atom. The molecule has 1 aromatic carbocycles. The second-order valence-electron chi connectivity index (χ2n) is 5.13. The molecule has 0 aliphatic heterocycles. The Kier molecular flexibility index (Phi) is 4.85. The average molecular weight is 347 g/mol. The van der Waals surface area contributed by atoms with Crippen LogP contribution in [0.5, 0.6) is 0 Å². The smallest absolute Gasteiger partial charge is 0.280 e. The zero-order valence-electron chi connectivity index (χ0n) is 12.9. The van der Waals surface area contributed by atoms with Crippen molar-refractivity contribution in [3.05, 3.63) is 46.9 Å². The van der Waals surface area contributed by atoms with E-state index in [-0.39, 0.29) is 12.3 Å². The number of amides is 1. The maximum absolute atomic E-state index is 11.9. The van der Waals surface area contributed by atoms with Gasteiger partial charge in [-0.2, -0.15) is 4.98 Å². The summed E-state index contributed by atoms with van der Waals surface area (Å²) in [6.07, 6.45) is 1.93. The van der Waals surface area contributed by atoms with Gasteiger partial charge in [0.05, 0.1) is 19.2 Å². The predicted octanol–water partition coefficient (Wildman–Crippen LogP) is 1.65. The molecule has 0 atom stereocenters. The van der Waals surface area contributed by atoms with Crippen molar-refractivity contribution in [1.29, 1.82) is 0 Å². The van der Waals surface area contributed by atoms with Gasteiger partial charge >= 0.3 is 0 Å². The SMILES string of the molecule is Cc1noc(-c2cn(CCNC(=O)Cc3ccccc3Cl)nn2)n1. The molecule has 0 saturated carbocycles. The Hall–Kier alpha value is -2.74. The fourth-order valence-electron chi connectivity index (χ4n) is 2.09. The number of carbonyl (C=O) groups is 1. The molecule has 0 aliphatic rings. The topological polar surface area (TPSA) is 98.7 Å². The van der Waals surface area contributed by atoms with Gasteiger partial charge in [-0.25, -0.2) is 4.68 Å². The number of nitrogens with zero attached hydrogens (tertiary/aromatic N) is 5. The quantitative estimate of drug-likeness (QED) is 0.728. The number of aryl methyl sites for hydroxylation is 1. The molecule has 8 nitrogen and oxygen atoms in total. The van der Waals surface area contributed by atoms with Crippen LogP contribution in [-0.4, -0.2) is 37.6 Å². The van der Waals surface area contributed by atoms with Crippen LogP contribution < -0.4 is 5.32 Å². The first-order chi connectivity index (χ1) is 11.6. The maximum atomic E-state index is 11.9. The Bertz CT molecular complexity index is 844. The van der Waals surface area contributed by atoms with E-state index in [0.29, 0.717) is 35.5 Å². The van der Waals surface area contributed by atoms with E-state index in [2.05, 4.69) is 25.8 Å². The van der Waals surface area contributed by atoms with Gasteiger partial charge in [0, 0.05) is 11.6 Å². The van der Waals surface area contributed by atoms with Gasteiger partial charge in [-0.1, -0.05) is 40.2 Å². The molecule has 3 rings (SSSR count). The van der Waals surface area contributed by atoms with E-state index in [4.69, 9.17) is 16.1 Å². The summed E-state index contributed by atoms with van der Waals surface area (Å²) in [4.78, 5) is 16.0. The molecule has 9 heteroatoms. The van der Waals surface area contributed by atoms with E-state index in [1.165, 1.54) is 0 Å². The zero-order chi connectivity index (χ0) is 16.9. The summed E-state index contributed by atoms with van der Waals surface area (Å²) < 4.78 is 6.63. The first-order valence-corrected chi connectivity index (χ1v) is 7.70. The first-order valence-electron chi connectivity index (χ1n) is 7.33. The highest BCUT2D eigenvalue weighted by molar-refractivity contribution is 6.31. The lowest BCUT2D eigenvalue weighted by Gasteiger charge is -2.06. The van der Waals surface area contributed by atoms with Crippen LogP contribution >= 0.6 is 11.6 Å². The minimum atomic E-state index is -0.101. The van der Waals surface area contributed by atoms with Gasteiger partial charge in [-0.15, -0.1) is 5.10 Å². The maximum Gasteiger partial charge on any atom is 0.280 e. The molecular weight excluding hydrogens is 332 g/mol.